The zero-order valence-electron chi connectivity index (χ0n) is 10.7. The highest BCUT2D eigenvalue weighted by molar-refractivity contribution is 7.91. The van der Waals surface area contributed by atoms with Gasteiger partial charge in [0.2, 0.25) is 0 Å². The first-order chi connectivity index (χ1) is 8.00. The Morgan fingerprint density at radius 3 is 2.53 bits per heavy atom. The van der Waals surface area contributed by atoms with E-state index in [1.54, 1.807) is 7.11 Å². The molecule has 4 unspecified atom stereocenters. The first-order valence-electron chi connectivity index (χ1n) is 6.48. The number of rotatable bonds is 4. The average molecular weight is 261 g/mol. The summed E-state index contributed by atoms with van der Waals surface area (Å²) in [4.78, 5) is 0. The SMILES string of the molecule is COC1CCC(NC2CCCC2S(C)(=O)=O)C1. The Morgan fingerprint density at radius 2 is 1.94 bits per heavy atom. The molecule has 4 nitrogen and oxygen atoms in total. The Balaban J connectivity index is 1.91. The normalized spacial score (nSPS) is 38.7. The topological polar surface area (TPSA) is 55.4 Å². The third-order valence-electron chi connectivity index (χ3n) is 4.17. The second-order valence-electron chi connectivity index (χ2n) is 5.44. The minimum Gasteiger partial charge on any atom is -0.381 e. The van der Waals surface area contributed by atoms with Crippen molar-refractivity contribution in [2.45, 2.75) is 62.0 Å². The predicted octanol–water partition coefficient (Wildman–Crippen LogP) is 1.11. The lowest BCUT2D eigenvalue weighted by molar-refractivity contribution is 0.106. The fourth-order valence-corrected chi connectivity index (χ4v) is 4.64. The lowest BCUT2D eigenvalue weighted by Gasteiger charge is -2.23. The number of methoxy groups -OCH3 is 1. The van der Waals surface area contributed by atoms with E-state index in [0.717, 1.165) is 38.5 Å². The molecule has 0 saturated heterocycles. The van der Waals surface area contributed by atoms with Gasteiger partial charge in [-0.25, -0.2) is 8.42 Å². The van der Waals surface area contributed by atoms with E-state index in [1.165, 1.54) is 6.26 Å². The molecule has 0 aromatic heterocycles. The van der Waals surface area contributed by atoms with Crippen LogP contribution in [0.3, 0.4) is 0 Å². The van der Waals surface area contributed by atoms with Gasteiger partial charge in [-0.15, -0.1) is 0 Å². The maximum absolute atomic E-state index is 11.7. The van der Waals surface area contributed by atoms with Crippen molar-refractivity contribution < 1.29 is 13.2 Å². The Hall–Kier alpha value is -0.130. The molecule has 5 heteroatoms. The molecule has 2 aliphatic rings. The Labute approximate surface area is 104 Å². The quantitative estimate of drug-likeness (QED) is 0.823. The summed E-state index contributed by atoms with van der Waals surface area (Å²) in [5, 5.41) is 3.36. The zero-order valence-corrected chi connectivity index (χ0v) is 11.5. The van der Waals surface area contributed by atoms with Crippen LogP contribution >= 0.6 is 0 Å². The summed E-state index contributed by atoms with van der Waals surface area (Å²) < 4.78 is 28.7. The molecule has 0 bridgehead atoms. The Morgan fingerprint density at radius 1 is 1.18 bits per heavy atom. The maximum atomic E-state index is 11.7. The van der Waals surface area contributed by atoms with Gasteiger partial charge < -0.3 is 10.1 Å². The smallest absolute Gasteiger partial charge is 0.151 e. The van der Waals surface area contributed by atoms with Crippen molar-refractivity contribution in [3.63, 3.8) is 0 Å². The van der Waals surface area contributed by atoms with Gasteiger partial charge in [0.25, 0.3) is 0 Å². The van der Waals surface area contributed by atoms with Crippen LogP contribution in [0.1, 0.15) is 38.5 Å². The Kier molecular flexibility index (Phi) is 4.10. The second-order valence-corrected chi connectivity index (χ2v) is 7.70. The number of nitrogens with one attached hydrogen (secondary N) is 1. The van der Waals surface area contributed by atoms with Gasteiger partial charge >= 0.3 is 0 Å². The lowest BCUT2D eigenvalue weighted by atomic mass is 10.2. The van der Waals surface area contributed by atoms with Crippen LogP contribution in [-0.2, 0) is 14.6 Å². The number of sulfone groups is 1. The molecule has 2 saturated carbocycles. The summed E-state index contributed by atoms with van der Waals surface area (Å²) in [7, 11) is -1.15. The molecular formula is C12H23NO3S. The van der Waals surface area contributed by atoms with Crippen molar-refractivity contribution in [2.75, 3.05) is 13.4 Å². The molecule has 0 aliphatic heterocycles. The molecule has 0 aromatic carbocycles. The van der Waals surface area contributed by atoms with Crippen LogP contribution in [0.25, 0.3) is 0 Å². The molecule has 2 rings (SSSR count). The molecule has 100 valence electrons. The highest BCUT2D eigenvalue weighted by Crippen LogP contribution is 2.28. The van der Waals surface area contributed by atoms with Crippen LogP contribution in [-0.4, -0.2) is 45.2 Å². The molecule has 0 heterocycles. The molecule has 0 spiro atoms. The largest absolute Gasteiger partial charge is 0.381 e. The van der Waals surface area contributed by atoms with E-state index in [2.05, 4.69) is 5.32 Å². The summed E-state index contributed by atoms with van der Waals surface area (Å²) in [6.07, 6.45) is 7.76. The highest BCUT2D eigenvalue weighted by atomic mass is 32.2. The molecule has 17 heavy (non-hydrogen) atoms. The molecule has 0 aromatic rings. The van der Waals surface area contributed by atoms with E-state index in [4.69, 9.17) is 4.74 Å². The molecule has 0 amide bonds. The van der Waals surface area contributed by atoms with Crippen molar-refractivity contribution in [1.29, 1.82) is 0 Å². The van der Waals surface area contributed by atoms with Crippen LogP contribution in [0.2, 0.25) is 0 Å². The first kappa shape index (κ1) is 13.3. The summed E-state index contributed by atoms with van der Waals surface area (Å²) in [6.45, 7) is 0. The third kappa shape index (κ3) is 3.20. The van der Waals surface area contributed by atoms with Crippen LogP contribution in [0.15, 0.2) is 0 Å². The summed E-state index contributed by atoms with van der Waals surface area (Å²) in [5.41, 5.74) is 0. The predicted molar refractivity (Wildman–Crippen MR) is 67.8 cm³/mol. The number of ether oxygens (including phenoxy) is 1. The minimum absolute atomic E-state index is 0.158. The molecule has 1 N–H and O–H groups in total. The molecule has 0 radical (unpaired) electrons. The standard InChI is InChI=1S/C12H23NO3S/c1-16-10-7-6-9(8-10)13-11-4-3-5-12(11)17(2,14)15/h9-13H,3-8H2,1-2H3. The highest BCUT2D eigenvalue weighted by Gasteiger charge is 2.37. The molecule has 2 aliphatic carbocycles. The van der Waals surface area contributed by atoms with Gasteiger partial charge in [-0.05, 0) is 32.1 Å². The van der Waals surface area contributed by atoms with Crippen molar-refractivity contribution in [1.82, 2.24) is 5.32 Å². The van der Waals surface area contributed by atoms with Crippen LogP contribution in [0.5, 0.6) is 0 Å². The molecule has 2 fully saturated rings. The third-order valence-corrected chi connectivity index (χ3v) is 5.83. The first-order valence-corrected chi connectivity index (χ1v) is 8.44. The van der Waals surface area contributed by atoms with Crippen LogP contribution in [0, 0.1) is 0 Å². The summed E-state index contributed by atoms with van der Waals surface area (Å²) in [5.74, 6) is 0. The fourth-order valence-electron chi connectivity index (χ4n) is 3.24. The summed E-state index contributed by atoms with van der Waals surface area (Å²) >= 11 is 0. The molecule has 4 atom stereocenters. The van der Waals surface area contributed by atoms with Crippen molar-refractivity contribution >= 4 is 9.84 Å². The van der Waals surface area contributed by atoms with Crippen molar-refractivity contribution in [3.05, 3.63) is 0 Å². The minimum atomic E-state index is -2.91. The van der Waals surface area contributed by atoms with Crippen LogP contribution < -0.4 is 5.32 Å². The van der Waals surface area contributed by atoms with Gasteiger partial charge in [0, 0.05) is 25.4 Å². The van der Waals surface area contributed by atoms with E-state index in [-0.39, 0.29) is 11.3 Å². The van der Waals surface area contributed by atoms with E-state index in [0.29, 0.717) is 12.1 Å². The van der Waals surface area contributed by atoms with Gasteiger partial charge in [-0.2, -0.15) is 0 Å². The molecular weight excluding hydrogens is 238 g/mol. The van der Waals surface area contributed by atoms with Gasteiger partial charge in [-0.3, -0.25) is 0 Å². The summed E-state index contributed by atoms with van der Waals surface area (Å²) in [6, 6.07) is 0.595. The van der Waals surface area contributed by atoms with Crippen LogP contribution in [0.4, 0.5) is 0 Å². The fraction of sp³-hybridized carbons (Fsp3) is 1.00. The van der Waals surface area contributed by atoms with E-state index >= 15 is 0 Å². The van der Waals surface area contributed by atoms with Gasteiger partial charge in [0.05, 0.1) is 11.4 Å². The lowest BCUT2D eigenvalue weighted by Crippen LogP contribution is -2.44. The van der Waals surface area contributed by atoms with Gasteiger partial charge in [0.1, 0.15) is 0 Å². The number of hydrogen-bond donors (Lipinski definition) is 1. The number of hydrogen-bond acceptors (Lipinski definition) is 4. The van der Waals surface area contributed by atoms with E-state index in [9.17, 15) is 8.42 Å². The van der Waals surface area contributed by atoms with Gasteiger partial charge in [-0.1, -0.05) is 6.42 Å². The maximum Gasteiger partial charge on any atom is 0.151 e. The zero-order chi connectivity index (χ0) is 12.5. The average Bonchev–Trinajstić information content (AvgIpc) is 2.85. The van der Waals surface area contributed by atoms with E-state index in [1.807, 2.05) is 0 Å². The van der Waals surface area contributed by atoms with Crippen molar-refractivity contribution in [2.24, 2.45) is 0 Å². The van der Waals surface area contributed by atoms with Crippen molar-refractivity contribution in [3.8, 4) is 0 Å². The second kappa shape index (κ2) is 5.24. The monoisotopic (exact) mass is 261 g/mol. The van der Waals surface area contributed by atoms with E-state index < -0.39 is 9.84 Å². The Bertz CT molecular complexity index is 355. The van der Waals surface area contributed by atoms with Gasteiger partial charge in [0.15, 0.2) is 9.84 Å².